The van der Waals surface area contributed by atoms with Crippen LogP contribution >= 0.6 is 0 Å². The number of nitrogens with one attached hydrogen (secondary N) is 2. The number of carbonyl (C=O) groups is 1. The van der Waals surface area contributed by atoms with E-state index in [0.717, 1.165) is 25.9 Å². The van der Waals surface area contributed by atoms with Crippen molar-refractivity contribution in [1.29, 1.82) is 0 Å². The van der Waals surface area contributed by atoms with Crippen LogP contribution < -0.4 is 10.6 Å². The Bertz CT molecular complexity index is 635. The Morgan fingerprint density at radius 1 is 1.29 bits per heavy atom. The van der Waals surface area contributed by atoms with Gasteiger partial charge >= 0.3 is 0 Å². The second-order valence-electron chi connectivity index (χ2n) is 6.79. The van der Waals surface area contributed by atoms with Crippen LogP contribution in [0.2, 0.25) is 0 Å². The number of nitrogens with zero attached hydrogens (tertiary/aromatic N) is 2. The molecule has 0 radical (unpaired) electrons. The molecule has 1 fully saturated rings. The molecule has 0 bridgehead atoms. The molecule has 1 aromatic carbocycles. The Morgan fingerprint density at radius 2 is 2.08 bits per heavy atom. The largest absolute Gasteiger partial charge is 0.354 e. The molecule has 1 heterocycles. The maximum atomic E-state index is 12.2. The molecule has 2 aromatic rings. The highest BCUT2D eigenvalue weighted by molar-refractivity contribution is 5.78. The number of rotatable bonds is 8. The van der Waals surface area contributed by atoms with Crippen LogP contribution in [0.3, 0.4) is 0 Å². The minimum atomic E-state index is 0.0597. The highest BCUT2D eigenvalue weighted by Crippen LogP contribution is 2.43. The van der Waals surface area contributed by atoms with Gasteiger partial charge in [0.1, 0.15) is 0 Å². The first-order valence-electron chi connectivity index (χ1n) is 8.71. The minimum Gasteiger partial charge on any atom is -0.354 e. The van der Waals surface area contributed by atoms with E-state index in [2.05, 4.69) is 46.9 Å². The van der Waals surface area contributed by atoms with E-state index >= 15 is 0 Å². The Morgan fingerprint density at radius 3 is 2.71 bits per heavy atom. The lowest BCUT2D eigenvalue weighted by atomic mass is 9.64. The summed E-state index contributed by atoms with van der Waals surface area (Å²) < 4.78 is 1.87. The van der Waals surface area contributed by atoms with Crippen LogP contribution in [0.15, 0.2) is 48.8 Å². The zero-order chi connectivity index (χ0) is 16.8. The van der Waals surface area contributed by atoms with Gasteiger partial charge in [-0.15, -0.1) is 0 Å². The number of benzene rings is 1. The van der Waals surface area contributed by atoms with Crippen LogP contribution in [0.5, 0.6) is 0 Å². The van der Waals surface area contributed by atoms with Crippen molar-refractivity contribution < 1.29 is 4.79 Å². The molecule has 1 aliphatic rings. The topological polar surface area (TPSA) is 59.0 Å². The van der Waals surface area contributed by atoms with Gasteiger partial charge in [0.15, 0.2) is 0 Å². The highest BCUT2D eigenvalue weighted by atomic mass is 16.1. The van der Waals surface area contributed by atoms with Gasteiger partial charge in [-0.3, -0.25) is 9.48 Å². The van der Waals surface area contributed by atoms with E-state index in [1.807, 2.05) is 23.0 Å². The molecule has 24 heavy (non-hydrogen) atoms. The third-order valence-corrected chi connectivity index (χ3v) is 4.95. The average molecular weight is 326 g/mol. The second kappa shape index (κ2) is 7.62. The van der Waals surface area contributed by atoms with Crippen molar-refractivity contribution in [2.45, 2.75) is 44.2 Å². The lowest BCUT2D eigenvalue weighted by Gasteiger charge is -2.42. The van der Waals surface area contributed by atoms with Gasteiger partial charge in [-0.1, -0.05) is 36.8 Å². The summed E-state index contributed by atoms with van der Waals surface area (Å²) in [6.07, 6.45) is 7.24. The molecule has 0 saturated heterocycles. The third-order valence-electron chi connectivity index (χ3n) is 4.95. The Hall–Kier alpha value is -2.14. The minimum absolute atomic E-state index is 0.0597. The van der Waals surface area contributed by atoms with Crippen LogP contribution in [0, 0.1) is 0 Å². The summed E-state index contributed by atoms with van der Waals surface area (Å²) in [4.78, 5) is 12.2. The number of hydrogen-bond donors (Lipinski definition) is 2. The van der Waals surface area contributed by atoms with Crippen molar-refractivity contribution in [2.75, 3.05) is 13.1 Å². The second-order valence-corrected chi connectivity index (χ2v) is 6.79. The fourth-order valence-electron chi connectivity index (χ4n) is 3.31. The number of aromatic nitrogens is 2. The molecular formula is C19H26N4O. The number of carbonyl (C=O) groups excluding carboxylic acids is 1. The van der Waals surface area contributed by atoms with Gasteiger partial charge in [0.25, 0.3) is 0 Å². The fraction of sp³-hybridized carbons (Fsp3) is 0.474. The summed E-state index contributed by atoms with van der Waals surface area (Å²) >= 11 is 0. The molecule has 3 rings (SSSR count). The van der Waals surface area contributed by atoms with E-state index in [1.54, 1.807) is 6.20 Å². The van der Waals surface area contributed by atoms with E-state index in [4.69, 9.17) is 0 Å². The summed E-state index contributed by atoms with van der Waals surface area (Å²) in [7, 11) is 0. The lowest BCUT2D eigenvalue weighted by Crippen LogP contribution is -2.48. The van der Waals surface area contributed by atoms with Gasteiger partial charge in [-0.05, 0) is 31.4 Å². The summed E-state index contributed by atoms with van der Waals surface area (Å²) in [6.45, 7) is 3.89. The zero-order valence-electron chi connectivity index (χ0n) is 14.2. The third kappa shape index (κ3) is 4.03. The molecule has 0 spiro atoms. The standard InChI is InChI=1S/C19H26N4O/c1-16(14-23-12-6-11-22-23)20-13-18(24)21-15-19(9-5-10-19)17-7-3-2-4-8-17/h2-4,6-8,11-12,16,20H,5,9-10,13-15H2,1H3,(H,21,24)/t16-/m1/s1. The van der Waals surface area contributed by atoms with Gasteiger partial charge in [0, 0.05) is 30.4 Å². The van der Waals surface area contributed by atoms with Gasteiger partial charge < -0.3 is 10.6 Å². The quantitative estimate of drug-likeness (QED) is 0.781. The van der Waals surface area contributed by atoms with Crippen molar-refractivity contribution in [1.82, 2.24) is 20.4 Å². The predicted octanol–water partition coefficient (Wildman–Crippen LogP) is 2.10. The first-order valence-corrected chi connectivity index (χ1v) is 8.71. The highest BCUT2D eigenvalue weighted by Gasteiger charge is 2.38. The molecule has 2 N–H and O–H groups in total. The molecular weight excluding hydrogens is 300 g/mol. The number of amides is 1. The predicted molar refractivity (Wildman–Crippen MR) is 94.7 cm³/mol. The molecule has 128 valence electrons. The van der Waals surface area contributed by atoms with Crippen molar-refractivity contribution in [3.05, 3.63) is 54.4 Å². The van der Waals surface area contributed by atoms with Crippen molar-refractivity contribution in [3.8, 4) is 0 Å². The van der Waals surface area contributed by atoms with Crippen molar-refractivity contribution in [3.63, 3.8) is 0 Å². The van der Waals surface area contributed by atoms with Crippen LogP contribution in [-0.2, 0) is 16.8 Å². The van der Waals surface area contributed by atoms with Gasteiger partial charge in [-0.2, -0.15) is 5.10 Å². The average Bonchev–Trinajstić information content (AvgIpc) is 3.06. The molecule has 0 unspecified atom stereocenters. The van der Waals surface area contributed by atoms with Crippen molar-refractivity contribution >= 4 is 5.91 Å². The number of hydrogen-bond acceptors (Lipinski definition) is 3. The van der Waals surface area contributed by atoms with Crippen LogP contribution in [0.4, 0.5) is 0 Å². The molecule has 0 aliphatic heterocycles. The van der Waals surface area contributed by atoms with E-state index in [1.165, 1.54) is 12.0 Å². The molecule has 1 aromatic heterocycles. The summed E-state index contributed by atoms with van der Waals surface area (Å²) in [5.41, 5.74) is 1.48. The van der Waals surface area contributed by atoms with E-state index < -0.39 is 0 Å². The van der Waals surface area contributed by atoms with Crippen LogP contribution in [0.25, 0.3) is 0 Å². The van der Waals surface area contributed by atoms with Gasteiger partial charge in [0.2, 0.25) is 5.91 Å². The Kier molecular flexibility index (Phi) is 5.30. The molecule has 1 atom stereocenters. The van der Waals surface area contributed by atoms with Gasteiger partial charge in [-0.25, -0.2) is 0 Å². The normalized spacial score (nSPS) is 17.0. The van der Waals surface area contributed by atoms with E-state index in [-0.39, 0.29) is 17.4 Å². The Balaban J connectivity index is 1.43. The first kappa shape index (κ1) is 16.7. The summed E-state index contributed by atoms with van der Waals surface area (Å²) in [5.74, 6) is 0.0597. The monoisotopic (exact) mass is 326 g/mol. The molecule has 1 aliphatic carbocycles. The SMILES string of the molecule is C[C@H](Cn1cccn1)NCC(=O)NCC1(c2ccccc2)CCC1. The fourth-order valence-corrected chi connectivity index (χ4v) is 3.31. The summed E-state index contributed by atoms with van der Waals surface area (Å²) in [5, 5.41) is 10.6. The van der Waals surface area contributed by atoms with E-state index in [9.17, 15) is 4.79 Å². The lowest BCUT2D eigenvalue weighted by molar-refractivity contribution is -0.120. The molecule has 1 amide bonds. The van der Waals surface area contributed by atoms with Gasteiger partial charge in [0.05, 0.1) is 13.1 Å². The first-order chi connectivity index (χ1) is 11.7. The maximum Gasteiger partial charge on any atom is 0.233 e. The Labute approximate surface area is 143 Å². The van der Waals surface area contributed by atoms with Crippen LogP contribution in [-0.4, -0.2) is 34.8 Å². The van der Waals surface area contributed by atoms with Crippen LogP contribution in [0.1, 0.15) is 31.7 Å². The zero-order valence-corrected chi connectivity index (χ0v) is 14.2. The molecule has 5 nitrogen and oxygen atoms in total. The van der Waals surface area contributed by atoms with E-state index in [0.29, 0.717) is 6.54 Å². The maximum absolute atomic E-state index is 12.2. The molecule has 1 saturated carbocycles. The summed E-state index contributed by atoms with van der Waals surface area (Å²) in [6, 6.07) is 12.7. The smallest absolute Gasteiger partial charge is 0.233 e. The van der Waals surface area contributed by atoms with Crippen molar-refractivity contribution in [2.24, 2.45) is 0 Å². The molecule has 5 heteroatoms.